The average molecular weight is 284 g/mol. The number of hydrazone groups is 1. The van der Waals surface area contributed by atoms with Gasteiger partial charge < -0.3 is 9.64 Å². The van der Waals surface area contributed by atoms with Crippen LogP contribution in [0.15, 0.2) is 35.4 Å². The Hall–Kier alpha value is -1.59. The lowest BCUT2D eigenvalue weighted by Crippen LogP contribution is -2.44. The molecule has 0 aliphatic carbocycles. The van der Waals surface area contributed by atoms with Gasteiger partial charge in [0.05, 0.1) is 18.9 Å². The Kier molecular flexibility index (Phi) is 6.32. The fourth-order valence-electron chi connectivity index (χ4n) is 1.78. The van der Waals surface area contributed by atoms with Crippen LogP contribution in [0.1, 0.15) is 6.92 Å². The molecular weight excluding hydrogens is 266 g/mol. The van der Waals surface area contributed by atoms with Crippen molar-refractivity contribution in [1.29, 1.82) is 0 Å². The van der Waals surface area contributed by atoms with Crippen molar-refractivity contribution in [2.24, 2.45) is 5.10 Å². The molecular formula is C13H18ClN3O2. The fraction of sp³-hybridized carbons (Fsp3) is 0.385. The van der Waals surface area contributed by atoms with E-state index >= 15 is 0 Å². The topological polar surface area (TPSA) is 53.9 Å². The highest BCUT2D eigenvalue weighted by atomic mass is 35.5. The van der Waals surface area contributed by atoms with Crippen molar-refractivity contribution in [3.8, 4) is 0 Å². The van der Waals surface area contributed by atoms with Crippen LogP contribution in [0, 0.1) is 0 Å². The van der Waals surface area contributed by atoms with Crippen molar-refractivity contribution < 1.29 is 9.53 Å². The van der Waals surface area contributed by atoms with E-state index in [9.17, 15) is 4.79 Å². The molecule has 1 aromatic carbocycles. The Morgan fingerprint density at radius 1 is 1.26 bits per heavy atom. The number of para-hydroxylation sites is 1. The van der Waals surface area contributed by atoms with E-state index in [1.165, 1.54) is 6.92 Å². The van der Waals surface area contributed by atoms with Crippen LogP contribution in [-0.2, 0) is 9.53 Å². The zero-order chi connectivity index (χ0) is 12.8. The maximum absolute atomic E-state index is 11.6. The van der Waals surface area contributed by atoms with Crippen LogP contribution in [-0.4, -0.2) is 42.8 Å². The van der Waals surface area contributed by atoms with Crippen LogP contribution in [0.5, 0.6) is 0 Å². The first kappa shape index (κ1) is 15.5. The van der Waals surface area contributed by atoms with Crippen LogP contribution < -0.4 is 5.43 Å². The van der Waals surface area contributed by atoms with Crippen LogP contribution in [0.25, 0.3) is 0 Å². The number of benzene rings is 1. The fourth-order valence-corrected chi connectivity index (χ4v) is 1.78. The minimum absolute atomic E-state index is 0. The normalized spacial score (nSPS) is 15.6. The molecule has 6 heteroatoms. The third-order valence-corrected chi connectivity index (χ3v) is 2.69. The lowest BCUT2D eigenvalue weighted by Gasteiger charge is -2.28. The highest BCUT2D eigenvalue weighted by Crippen LogP contribution is 2.06. The van der Waals surface area contributed by atoms with E-state index in [1.807, 2.05) is 35.2 Å². The minimum atomic E-state index is -0.0414. The van der Waals surface area contributed by atoms with Gasteiger partial charge in [-0.3, -0.25) is 10.2 Å². The second-order valence-electron chi connectivity index (χ2n) is 4.07. The standard InChI is InChI=1S/C13H17N3O2.ClH/c1-11(17)13(16-7-9-18-10-8-16)15-14-12-5-3-2-4-6-12;/h2-6,14H,7-10H2,1H3;1H. The third kappa shape index (κ3) is 4.54. The number of halogens is 1. The number of morpholine rings is 1. The molecule has 0 unspecified atom stereocenters. The number of carbonyl (C=O) groups excluding carboxylic acids is 1. The number of ether oxygens (including phenoxy) is 1. The summed E-state index contributed by atoms with van der Waals surface area (Å²) < 4.78 is 5.26. The number of nitrogens with one attached hydrogen (secondary N) is 1. The van der Waals surface area contributed by atoms with Crippen molar-refractivity contribution >= 4 is 29.7 Å². The second-order valence-corrected chi connectivity index (χ2v) is 4.07. The summed E-state index contributed by atoms with van der Waals surface area (Å²) in [4.78, 5) is 13.6. The Morgan fingerprint density at radius 2 is 1.89 bits per heavy atom. The first-order chi connectivity index (χ1) is 8.77. The maximum Gasteiger partial charge on any atom is 0.196 e. The van der Waals surface area contributed by atoms with E-state index in [0.29, 0.717) is 32.1 Å². The molecule has 1 aromatic rings. The molecule has 1 fully saturated rings. The van der Waals surface area contributed by atoms with Gasteiger partial charge in [0.1, 0.15) is 0 Å². The second kappa shape index (κ2) is 7.76. The first-order valence-corrected chi connectivity index (χ1v) is 6.00. The molecule has 1 saturated heterocycles. The molecule has 104 valence electrons. The lowest BCUT2D eigenvalue weighted by molar-refractivity contribution is -0.112. The summed E-state index contributed by atoms with van der Waals surface area (Å²) in [6.45, 7) is 4.21. The van der Waals surface area contributed by atoms with Crippen molar-refractivity contribution in [2.75, 3.05) is 31.7 Å². The van der Waals surface area contributed by atoms with E-state index in [1.54, 1.807) is 0 Å². The van der Waals surface area contributed by atoms with Crippen molar-refractivity contribution in [1.82, 2.24) is 4.90 Å². The summed E-state index contributed by atoms with van der Waals surface area (Å²) in [5, 5.41) is 4.20. The zero-order valence-electron chi connectivity index (χ0n) is 10.8. The molecule has 5 nitrogen and oxygen atoms in total. The number of ketones is 1. The Morgan fingerprint density at radius 3 is 2.47 bits per heavy atom. The SMILES string of the molecule is CC(=O)C(=NNc1ccccc1)N1CCOCC1.Cl. The number of carbonyl (C=O) groups is 1. The van der Waals surface area contributed by atoms with Gasteiger partial charge in [-0.1, -0.05) is 18.2 Å². The smallest absolute Gasteiger partial charge is 0.196 e. The summed E-state index contributed by atoms with van der Waals surface area (Å²) in [7, 11) is 0. The van der Waals surface area contributed by atoms with Gasteiger partial charge in [0, 0.05) is 20.0 Å². The van der Waals surface area contributed by atoms with Crippen molar-refractivity contribution in [3.05, 3.63) is 30.3 Å². The molecule has 0 radical (unpaired) electrons. The average Bonchev–Trinajstić information content (AvgIpc) is 2.41. The van der Waals surface area contributed by atoms with Crippen LogP contribution >= 0.6 is 12.4 Å². The number of nitrogens with zero attached hydrogens (tertiary/aromatic N) is 2. The minimum Gasteiger partial charge on any atom is -0.378 e. The maximum atomic E-state index is 11.6. The van der Waals surface area contributed by atoms with E-state index in [0.717, 1.165) is 5.69 Å². The van der Waals surface area contributed by atoms with Gasteiger partial charge >= 0.3 is 0 Å². The van der Waals surface area contributed by atoms with Crippen molar-refractivity contribution in [2.45, 2.75) is 6.92 Å². The van der Waals surface area contributed by atoms with Gasteiger partial charge in [0.15, 0.2) is 11.6 Å². The van der Waals surface area contributed by atoms with E-state index < -0.39 is 0 Å². The van der Waals surface area contributed by atoms with E-state index in [2.05, 4.69) is 10.5 Å². The molecule has 1 aliphatic rings. The van der Waals surface area contributed by atoms with Gasteiger partial charge in [0.25, 0.3) is 0 Å². The monoisotopic (exact) mass is 283 g/mol. The molecule has 0 aromatic heterocycles. The largest absolute Gasteiger partial charge is 0.378 e. The van der Waals surface area contributed by atoms with Gasteiger partial charge in [-0.25, -0.2) is 0 Å². The summed E-state index contributed by atoms with van der Waals surface area (Å²) >= 11 is 0. The number of hydrogen-bond donors (Lipinski definition) is 1. The molecule has 1 N–H and O–H groups in total. The third-order valence-electron chi connectivity index (χ3n) is 2.69. The zero-order valence-corrected chi connectivity index (χ0v) is 11.7. The molecule has 19 heavy (non-hydrogen) atoms. The Balaban J connectivity index is 0.00000180. The number of amidine groups is 1. The van der Waals surface area contributed by atoms with Crippen LogP contribution in [0.4, 0.5) is 5.69 Å². The van der Waals surface area contributed by atoms with Crippen LogP contribution in [0.3, 0.4) is 0 Å². The highest BCUT2D eigenvalue weighted by Gasteiger charge is 2.18. The van der Waals surface area contributed by atoms with Crippen molar-refractivity contribution in [3.63, 3.8) is 0 Å². The van der Waals surface area contributed by atoms with Gasteiger partial charge in [-0.2, -0.15) is 5.10 Å². The summed E-state index contributed by atoms with van der Waals surface area (Å²) in [5.41, 5.74) is 3.77. The van der Waals surface area contributed by atoms with Gasteiger partial charge in [-0.15, -0.1) is 12.4 Å². The molecule has 1 aliphatic heterocycles. The lowest BCUT2D eigenvalue weighted by atomic mass is 10.3. The summed E-state index contributed by atoms with van der Waals surface area (Å²) in [5.74, 6) is 0.419. The molecule has 1 heterocycles. The summed E-state index contributed by atoms with van der Waals surface area (Å²) in [6.07, 6.45) is 0. The molecule has 0 bridgehead atoms. The Labute approximate surface area is 119 Å². The predicted octanol–water partition coefficient (Wildman–Crippen LogP) is 1.75. The molecule has 0 saturated carbocycles. The molecule has 0 spiro atoms. The van der Waals surface area contributed by atoms with Gasteiger partial charge in [0.2, 0.25) is 0 Å². The number of rotatable bonds is 3. The van der Waals surface area contributed by atoms with E-state index in [-0.39, 0.29) is 18.2 Å². The molecule has 0 amide bonds. The quantitative estimate of drug-likeness (QED) is 0.522. The number of anilines is 1. The number of Topliss-reactive ketones (excluding diaryl/α,β-unsaturated/α-hetero) is 1. The van der Waals surface area contributed by atoms with Crippen LogP contribution in [0.2, 0.25) is 0 Å². The molecule has 0 atom stereocenters. The molecule has 2 rings (SSSR count). The predicted molar refractivity (Wildman–Crippen MR) is 77.8 cm³/mol. The summed E-state index contributed by atoms with van der Waals surface area (Å²) in [6, 6.07) is 9.57. The highest BCUT2D eigenvalue weighted by molar-refractivity contribution is 6.37. The van der Waals surface area contributed by atoms with Gasteiger partial charge in [-0.05, 0) is 12.1 Å². The Bertz CT molecular complexity index is 431. The van der Waals surface area contributed by atoms with E-state index in [4.69, 9.17) is 4.74 Å². The first-order valence-electron chi connectivity index (χ1n) is 6.00. The number of hydrogen-bond acceptors (Lipinski definition) is 4.